The maximum absolute atomic E-state index is 12.7. The van der Waals surface area contributed by atoms with E-state index >= 15 is 0 Å². The molecule has 0 aromatic heterocycles. The van der Waals surface area contributed by atoms with Crippen LogP contribution < -0.4 is 5.73 Å². The van der Waals surface area contributed by atoms with Crippen molar-refractivity contribution in [1.82, 2.24) is 4.90 Å². The predicted octanol–water partition coefficient (Wildman–Crippen LogP) is 12.4. The third-order valence-corrected chi connectivity index (χ3v) is 9.27. The lowest BCUT2D eigenvalue weighted by molar-refractivity contribution is -0.126. The first kappa shape index (κ1) is 42.7. The molecule has 0 bridgehead atoms. The number of primary amides is 1. The quantitative estimate of drug-likeness (QED) is 0.0561. The molecule has 0 unspecified atom stereocenters. The predicted molar refractivity (Wildman–Crippen MR) is 194 cm³/mol. The van der Waals surface area contributed by atoms with Crippen LogP contribution in [0.3, 0.4) is 0 Å². The summed E-state index contributed by atoms with van der Waals surface area (Å²) >= 11 is 0. The SMILES string of the molecule is CCCCCCCCCCCCCCCCCCN(CCCCCCCCCCCCCCCCCC)C(=O)/C=C\C(N)=O. The number of rotatable bonds is 36. The average Bonchev–Trinajstić information content (AvgIpc) is 3.02. The van der Waals surface area contributed by atoms with Crippen molar-refractivity contribution in [2.75, 3.05) is 13.1 Å². The van der Waals surface area contributed by atoms with Crippen LogP contribution in [0.5, 0.6) is 0 Å². The van der Waals surface area contributed by atoms with Crippen molar-refractivity contribution in [1.29, 1.82) is 0 Å². The molecule has 0 aromatic rings. The first-order chi connectivity index (χ1) is 21.6. The minimum Gasteiger partial charge on any atom is -0.366 e. The van der Waals surface area contributed by atoms with E-state index in [0.717, 1.165) is 25.9 Å². The first-order valence-electron chi connectivity index (χ1n) is 19.9. The van der Waals surface area contributed by atoms with Crippen molar-refractivity contribution in [3.63, 3.8) is 0 Å². The molecule has 4 heteroatoms. The Hall–Kier alpha value is -1.32. The second-order valence-electron chi connectivity index (χ2n) is 13.7. The molecule has 0 saturated carbocycles. The molecule has 0 rings (SSSR count). The second kappa shape index (κ2) is 36.2. The molecule has 4 nitrogen and oxygen atoms in total. The molecular weight excluding hydrogens is 540 g/mol. The molecule has 0 spiro atoms. The number of hydrogen-bond donors (Lipinski definition) is 1. The molecule has 2 N–H and O–H groups in total. The summed E-state index contributed by atoms with van der Waals surface area (Å²) in [5.41, 5.74) is 5.22. The smallest absolute Gasteiger partial charge is 0.246 e. The summed E-state index contributed by atoms with van der Waals surface area (Å²) in [5, 5.41) is 0. The van der Waals surface area contributed by atoms with E-state index in [1.165, 1.54) is 205 Å². The lowest BCUT2D eigenvalue weighted by Crippen LogP contribution is -2.32. The van der Waals surface area contributed by atoms with Gasteiger partial charge in [0.15, 0.2) is 0 Å². The van der Waals surface area contributed by atoms with E-state index in [1.807, 2.05) is 4.90 Å². The zero-order valence-corrected chi connectivity index (χ0v) is 30.0. The Morgan fingerprint density at radius 2 is 0.614 bits per heavy atom. The van der Waals surface area contributed by atoms with E-state index in [4.69, 9.17) is 5.73 Å². The molecule has 0 aliphatic heterocycles. The highest BCUT2D eigenvalue weighted by Crippen LogP contribution is 2.16. The number of nitrogens with zero attached hydrogens (tertiary/aromatic N) is 1. The summed E-state index contributed by atoms with van der Waals surface area (Å²) in [6.07, 6.45) is 45.8. The van der Waals surface area contributed by atoms with Crippen LogP contribution in [0.4, 0.5) is 0 Å². The molecule has 0 aliphatic carbocycles. The van der Waals surface area contributed by atoms with Crippen molar-refractivity contribution in [2.24, 2.45) is 5.73 Å². The van der Waals surface area contributed by atoms with Gasteiger partial charge in [-0.25, -0.2) is 0 Å². The maximum atomic E-state index is 12.7. The van der Waals surface area contributed by atoms with Gasteiger partial charge in [-0.05, 0) is 12.8 Å². The highest BCUT2D eigenvalue weighted by atomic mass is 16.2. The molecule has 0 aromatic carbocycles. The molecular formula is C40H78N2O2. The number of hydrogen-bond acceptors (Lipinski definition) is 2. The molecule has 2 amide bonds. The summed E-state index contributed by atoms with van der Waals surface area (Å²) in [5.74, 6) is -0.617. The van der Waals surface area contributed by atoms with Gasteiger partial charge in [-0.15, -0.1) is 0 Å². The van der Waals surface area contributed by atoms with Gasteiger partial charge in [-0.2, -0.15) is 0 Å². The second-order valence-corrected chi connectivity index (χ2v) is 13.7. The Morgan fingerprint density at radius 3 is 0.841 bits per heavy atom. The number of carbonyl (C=O) groups is 2. The normalized spacial score (nSPS) is 11.5. The monoisotopic (exact) mass is 619 g/mol. The number of carbonyl (C=O) groups excluding carboxylic acids is 2. The zero-order chi connectivity index (χ0) is 32.2. The Morgan fingerprint density at radius 1 is 0.386 bits per heavy atom. The van der Waals surface area contributed by atoms with Crippen LogP contribution >= 0.6 is 0 Å². The van der Waals surface area contributed by atoms with E-state index in [9.17, 15) is 9.59 Å². The summed E-state index contributed by atoms with van der Waals surface area (Å²) in [6, 6.07) is 0. The highest BCUT2D eigenvalue weighted by molar-refractivity contribution is 5.95. The van der Waals surface area contributed by atoms with Crippen molar-refractivity contribution < 1.29 is 9.59 Å². The molecule has 0 atom stereocenters. The molecule has 0 aliphatic rings. The van der Waals surface area contributed by atoms with Crippen molar-refractivity contribution >= 4 is 11.8 Å². The zero-order valence-electron chi connectivity index (χ0n) is 30.0. The van der Waals surface area contributed by atoms with Gasteiger partial charge in [0.2, 0.25) is 11.8 Å². The Kier molecular flexibility index (Phi) is 35.1. The van der Waals surface area contributed by atoms with E-state index in [0.29, 0.717) is 0 Å². The molecule has 0 heterocycles. The van der Waals surface area contributed by atoms with Crippen LogP contribution in [-0.2, 0) is 9.59 Å². The summed E-state index contributed by atoms with van der Waals surface area (Å²) < 4.78 is 0. The van der Waals surface area contributed by atoms with Crippen molar-refractivity contribution in [3.05, 3.63) is 12.2 Å². The van der Waals surface area contributed by atoms with Crippen LogP contribution in [-0.4, -0.2) is 29.8 Å². The third kappa shape index (κ3) is 33.6. The van der Waals surface area contributed by atoms with Gasteiger partial charge in [-0.3, -0.25) is 9.59 Å². The maximum Gasteiger partial charge on any atom is 0.246 e. The van der Waals surface area contributed by atoms with Crippen LogP contribution in [0.25, 0.3) is 0 Å². The van der Waals surface area contributed by atoms with Gasteiger partial charge in [0.25, 0.3) is 0 Å². The fourth-order valence-corrected chi connectivity index (χ4v) is 6.29. The standard InChI is InChI=1S/C40H78N2O2/c1-3-5-7-9-11-13-15-17-19-21-23-25-27-29-31-33-37-42(40(44)36-35-39(41)43)38-34-32-30-28-26-24-22-20-18-16-14-12-10-8-6-4-2/h35-36H,3-34,37-38H2,1-2H3,(H2,41,43)/b36-35-. The first-order valence-corrected chi connectivity index (χ1v) is 19.9. The Bertz CT molecular complexity index is 597. The van der Waals surface area contributed by atoms with Gasteiger partial charge in [-0.1, -0.05) is 206 Å². The van der Waals surface area contributed by atoms with Gasteiger partial charge < -0.3 is 10.6 Å². The minimum absolute atomic E-state index is 0.0641. The average molecular weight is 619 g/mol. The molecule has 0 fully saturated rings. The summed E-state index contributed by atoms with van der Waals surface area (Å²) in [4.78, 5) is 25.7. The van der Waals surface area contributed by atoms with E-state index in [-0.39, 0.29) is 5.91 Å². The molecule has 0 radical (unpaired) electrons. The lowest BCUT2D eigenvalue weighted by atomic mass is 10.0. The van der Waals surface area contributed by atoms with Gasteiger partial charge in [0.05, 0.1) is 0 Å². The van der Waals surface area contributed by atoms with E-state index in [2.05, 4.69) is 13.8 Å². The number of amides is 2. The largest absolute Gasteiger partial charge is 0.366 e. The molecule has 0 saturated heterocycles. The molecule has 44 heavy (non-hydrogen) atoms. The van der Waals surface area contributed by atoms with Crippen LogP contribution in [0, 0.1) is 0 Å². The van der Waals surface area contributed by atoms with Gasteiger partial charge in [0.1, 0.15) is 0 Å². The van der Waals surface area contributed by atoms with Crippen LogP contribution in [0.1, 0.15) is 219 Å². The Labute approximate surface area is 276 Å². The third-order valence-electron chi connectivity index (χ3n) is 9.27. The minimum atomic E-state index is -0.553. The highest BCUT2D eigenvalue weighted by Gasteiger charge is 2.10. The fraction of sp³-hybridized carbons (Fsp3) is 0.900. The van der Waals surface area contributed by atoms with Crippen LogP contribution in [0.2, 0.25) is 0 Å². The van der Waals surface area contributed by atoms with Crippen molar-refractivity contribution in [2.45, 2.75) is 219 Å². The fourth-order valence-electron chi connectivity index (χ4n) is 6.29. The topological polar surface area (TPSA) is 63.4 Å². The number of nitrogens with two attached hydrogens (primary N) is 1. The van der Waals surface area contributed by atoms with Gasteiger partial charge >= 0.3 is 0 Å². The molecule has 260 valence electrons. The van der Waals surface area contributed by atoms with Crippen molar-refractivity contribution in [3.8, 4) is 0 Å². The number of unbranched alkanes of at least 4 members (excludes halogenated alkanes) is 30. The van der Waals surface area contributed by atoms with Crippen LogP contribution in [0.15, 0.2) is 12.2 Å². The van der Waals surface area contributed by atoms with E-state index in [1.54, 1.807) is 0 Å². The summed E-state index contributed by atoms with van der Waals surface area (Å²) in [7, 11) is 0. The Balaban J connectivity index is 3.78. The van der Waals surface area contributed by atoms with Gasteiger partial charge in [0, 0.05) is 25.2 Å². The van der Waals surface area contributed by atoms with E-state index < -0.39 is 5.91 Å². The lowest BCUT2D eigenvalue weighted by Gasteiger charge is -2.21. The summed E-state index contributed by atoms with van der Waals surface area (Å²) in [6.45, 7) is 6.15.